The first-order valence-corrected chi connectivity index (χ1v) is 8.55. The molecule has 1 aliphatic carbocycles. The summed E-state index contributed by atoms with van der Waals surface area (Å²) in [6.07, 6.45) is 2.80. The Morgan fingerprint density at radius 1 is 1.61 bits per heavy atom. The van der Waals surface area contributed by atoms with Gasteiger partial charge < -0.3 is 5.73 Å². The lowest BCUT2D eigenvalue weighted by Crippen LogP contribution is -2.44. The zero-order valence-electron chi connectivity index (χ0n) is 10.0. The van der Waals surface area contributed by atoms with Crippen LogP contribution in [0.25, 0.3) is 0 Å². The fourth-order valence-corrected chi connectivity index (χ4v) is 4.66. The quantitative estimate of drug-likeness (QED) is 0.784. The maximum atomic E-state index is 12.2. The maximum absolute atomic E-state index is 12.2. The van der Waals surface area contributed by atoms with Gasteiger partial charge in [0.2, 0.25) is 0 Å². The van der Waals surface area contributed by atoms with Crippen LogP contribution < -0.4 is 10.5 Å². The summed E-state index contributed by atoms with van der Waals surface area (Å²) in [5.74, 6) is 0.267. The second-order valence-electron chi connectivity index (χ2n) is 4.41. The average Bonchev–Trinajstić information content (AvgIpc) is 3.01. The van der Waals surface area contributed by atoms with Crippen molar-refractivity contribution in [1.29, 1.82) is 0 Å². The van der Waals surface area contributed by atoms with Gasteiger partial charge >= 0.3 is 0 Å². The number of aryl methyl sites for hydroxylation is 1. The third kappa shape index (κ3) is 3.09. The summed E-state index contributed by atoms with van der Waals surface area (Å²) in [5, 5.41) is 0. The minimum atomic E-state index is -3.50. The van der Waals surface area contributed by atoms with E-state index >= 15 is 0 Å². The number of thiocarbonyl (C=S) groups is 1. The lowest BCUT2D eigenvalue weighted by atomic mass is 10.2. The number of thiophene rings is 1. The largest absolute Gasteiger partial charge is 0.392 e. The molecule has 1 aromatic heterocycles. The van der Waals surface area contributed by atoms with Crippen molar-refractivity contribution in [3.05, 3.63) is 17.0 Å². The number of rotatable bonds is 6. The summed E-state index contributed by atoms with van der Waals surface area (Å²) in [7, 11) is -3.50. The molecule has 1 fully saturated rings. The van der Waals surface area contributed by atoms with Crippen molar-refractivity contribution in [3.8, 4) is 0 Å². The van der Waals surface area contributed by atoms with Crippen LogP contribution in [0, 0.1) is 5.92 Å². The predicted octanol–water partition coefficient (Wildman–Crippen LogP) is 1.65. The van der Waals surface area contributed by atoms with Crippen molar-refractivity contribution < 1.29 is 8.42 Å². The molecule has 3 N–H and O–H groups in total. The van der Waals surface area contributed by atoms with Crippen molar-refractivity contribution in [2.75, 3.05) is 0 Å². The van der Waals surface area contributed by atoms with E-state index in [1.807, 2.05) is 13.0 Å². The molecule has 7 heteroatoms. The highest BCUT2D eigenvalue weighted by Crippen LogP contribution is 2.34. The molecular weight excluding hydrogens is 288 g/mol. The van der Waals surface area contributed by atoms with Crippen LogP contribution in [-0.2, 0) is 16.4 Å². The van der Waals surface area contributed by atoms with Crippen LogP contribution in [0.1, 0.15) is 24.6 Å². The van der Waals surface area contributed by atoms with Crippen molar-refractivity contribution >= 4 is 38.6 Å². The van der Waals surface area contributed by atoms with E-state index in [0.29, 0.717) is 4.21 Å². The molecule has 0 aliphatic heterocycles. The van der Waals surface area contributed by atoms with Gasteiger partial charge in [-0.25, -0.2) is 13.1 Å². The summed E-state index contributed by atoms with van der Waals surface area (Å²) in [4.78, 5) is 1.28. The van der Waals surface area contributed by atoms with E-state index in [2.05, 4.69) is 4.72 Å². The number of nitrogens with two attached hydrogens (primary N) is 1. The fraction of sp³-hybridized carbons (Fsp3) is 0.545. The lowest BCUT2D eigenvalue weighted by molar-refractivity contribution is 0.567. The van der Waals surface area contributed by atoms with E-state index < -0.39 is 16.1 Å². The third-order valence-corrected chi connectivity index (χ3v) is 6.35. The summed E-state index contributed by atoms with van der Waals surface area (Å²) < 4.78 is 27.3. The molecule has 4 nitrogen and oxygen atoms in total. The minimum absolute atomic E-state index is 0.230. The van der Waals surface area contributed by atoms with Crippen LogP contribution in [0.15, 0.2) is 16.3 Å². The molecule has 0 aromatic carbocycles. The van der Waals surface area contributed by atoms with Gasteiger partial charge in [0.25, 0.3) is 10.0 Å². The van der Waals surface area contributed by atoms with Gasteiger partial charge in [0.15, 0.2) is 0 Å². The molecule has 1 unspecified atom stereocenters. The smallest absolute Gasteiger partial charge is 0.250 e. The monoisotopic (exact) mass is 304 g/mol. The van der Waals surface area contributed by atoms with Crippen LogP contribution in [0.4, 0.5) is 0 Å². The zero-order valence-corrected chi connectivity index (χ0v) is 12.5. The van der Waals surface area contributed by atoms with E-state index in [9.17, 15) is 8.42 Å². The molecule has 1 heterocycles. The Kier molecular flexibility index (Phi) is 4.05. The normalized spacial score (nSPS) is 17.6. The molecule has 0 amide bonds. The van der Waals surface area contributed by atoms with Crippen LogP contribution in [0.2, 0.25) is 0 Å². The Bertz CT molecular complexity index is 546. The average molecular weight is 304 g/mol. The number of sulfonamides is 1. The van der Waals surface area contributed by atoms with Crippen molar-refractivity contribution in [2.24, 2.45) is 11.7 Å². The molecular formula is C11H16N2O2S3. The molecule has 0 bridgehead atoms. The van der Waals surface area contributed by atoms with Gasteiger partial charge in [-0.15, -0.1) is 11.3 Å². The van der Waals surface area contributed by atoms with Crippen LogP contribution >= 0.6 is 23.6 Å². The summed E-state index contributed by atoms with van der Waals surface area (Å²) in [6.45, 7) is 2.00. The molecule has 2 rings (SSSR count). The number of hydrogen-bond acceptors (Lipinski definition) is 4. The highest BCUT2D eigenvalue weighted by molar-refractivity contribution is 7.91. The first-order chi connectivity index (χ1) is 8.44. The molecule has 1 aliphatic rings. The highest BCUT2D eigenvalue weighted by atomic mass is 32.2. The molecule has 1 atom stereocenters. The SMILES string of the molecule is CCc1ccc(S(=O)(=O)NC(C(N)=S)C2CC2)s1. The molecule has 1 aromatic rings. The summed E-state index contributed by atoms with van der Waals surface area (Å²) in [5.41, 5.74) is 5.60. The van der Waals surface area contributed by atoms with E-state index in [-0.39, 0.29) is 10.9 Å². The Morgan fingerprint density at radius 3 is 2.72 bits per heavy atom. The highest BCUT2D eigenvalue weighted by Gasteiger charge is 2.36. The van der Waals surface area contributed by atoms with Crippen LogP contribution in [-0.4, -0.2) is 19.4 Å². The van der Waals surface area contributed by atoms with E-state index in [4.69, 9.17) is 18.0 Å². The standard InChI is InChI=1S/C11H16N2O2S3/c1-2-8-5-6-9(17-8)18(14,15)13-10(11(12)16)7-3-4-7/h5-7,10,13H,2-4H2,1H3,(H2,12,16). The Hall–Kier alpha value is -0.500. The number of hydrogen-bond donors (Lipinski definition) is 2. The fourth-order valence-electron chi connectivity index (χ4n) is 1.73. The van der Waals surface area contributed by atoms with E-state index in [0.717, 1.165) is 24.1 Å². The van der Waals surface area contributed by atoms with Gasteiger partial charge in [0.05, 0.1) is 11.0 Å². The number of nitrogens with one attached hydrogen (secondary N) is 1. The molecule has 100 valence electrons. The van der Waals surface area contributed by atoms with Gasteiger partial charge in [-0.2, -0.15) is 0 Å². The topological polar surface area (TPSA) is 72.2 Å². The Labute approximate surface area is 117 Å². The third-order valence-electron chi connectivity index (χ3n) is 2.93. The summed E-state index contributed by atoms with van der Waals surface area (Å²) >= 11 is 6.22. The minimum Gasteiger partial charge on any atom is -0.392 e. The first kappa shape index (κ1) is 13.9. The van der Waals surface area contributed by atoms with Crippen LogP contribution in [0.3, 0.4) is 0 Å². The van der Waals surface area contributed by atoms with Crippen LogP contribution in [0.5, 0.6) is 0 Å². The van der Waals surface area contributed by atoms with Gasteiger partial charge in [0.1, 0.15) is 4.21 Å². The molecule has 0 radical (unpaired) electrons. The van der Waals surface area contributed by atoms with E-state index in [1.165, 1.54) is 11.3 Å². The molecule has 1 saturated carbocycles. The molecule has 18 heavy (non-hydrogen) atoms. The summed E-state index contributed by atoms with van der Waals surface area (Å²) in [6, 6.07) is 3.07. The van der Waals surface area contributed by atoms with Gasteiger partial charge in [-0.05, 0) is 37.3 Å². The maximum Gasteiger partial charge on any atom is 0.250 e. The first-order valence-electron chi connectivity index (χ1n) is 5.84. The van der Waals surface area contributed by atoms with Crippen molar-refractivity contribution in [1.82, 2.24) is 4.72 Å². The molecule has 0 saturated heterocycles. The predicted molar refractivity (Wildman–Crippen MR) is 77.3 cm³/mol. The lowest BCUT2D eigenvalue weighted by Gasteiger charge is -2.15. The van der Waals surface area contributed by atoms with Crippen molar-refractivity contribution in [3.63, 3.8) is 0 Å². The van der Waals surface area contributed by atoms with Gasteiger partial charge in [-0.1, -0.05) is 19.1 Å². The Morgan fingerprint density at radius 2 is 2.28 bits per heavy atom. The Balaban J connectivity index is 2.17. The van der Waals surface area contributed by atoms with Gasteiger partial charge in [-0.3, -0.25) is 0 Å². The van der Waals surface area contributed by atoms with Crippen molar-refractivity contribution in [2.45, 2.75) is 36.4 Å². The van der Waals surface area contributed by atoms with E-state index in [1.54, 1.807) is 6.07 Å². The second-order valence-corrected chi connectivity index (χ2v) is 7.99. The molecule has 0 spiro atoms. The second kappa shape index (κ2) is 5.24. The van der Waals surface area contributed by atoms with Gasteiger partial charge in [0, 0.05) is 4.88 Å². The zero-order chi connectivity index (χ0) is 13.3.